The maximum Gasteiger partial charge on any atom is 0.412 e. The first-order valence-electron chi connectivity index (χ1n) is 11.7. The number of ketones is 1. The highest BCUT2D eigenvalue weighted by Crippen LogP contribution is 2.29. The van der Waals surface area contributed by atoms with E-state index in [2.05, 4.69) is 5.32 Å². The molecule has 3 rings (SSSR count). The molecule has 0 fully saturated rings. The van der Waals surface area contributed by atoms with Gasteiger partial charge in [-0.2, -0.15) is 0 Å². The van der Waals surface area contributed by atoms with Gasteiger partial charge in [-0.05, 0) is 67.1 Å². The Morgan fingerprint density at radius 2 is 1.61 bits per heavy atom. The van der Waals surface area contributed by atoms with Gasteiger partial charge in [-0.15, -0.1) is 0 Å². The highest BCUT2D eigenvalue weighted by Gasteiger charge is 2.28. The largest absolute Gasteiger partial charge is 0.491 e. The standard InChI is InChI=1S/C28H28N2O8/c1-19(32)20-7-11-22(12-8-20)29-28(34)38-27(21-9-13-23(14-10-21)36-18-17-31)25(15-16-26(33)30-35)37-24-5-3-2-4-6-24/h2-16,25,27,31,35H,17-18H2,1H3,(H,29,34)(H,30,33)/b16-15+/t25-,27-/m0/s1. The molecule has 2 atom stereocenters. The Hall–Kier alpha value is -4.67. The van der Waals surface area contributed by atoms with Gasteiger partial charge in [-0.3, -0.25) is 20.1 Å². The summed E-state index contributed by atoms with van der Waals surface area (Å²) >= 11 is 0. The van der Waals surface area contributed by atoms with Crippen molar-refractivity contribution in [3.63, 3.8) is 0 Å². The van der Waals surface area contributed by atoms with Gasteiger partial charge >= 0.3 is 6.09 Å². The Balaban J connectivity index is 1.91. The number of aliphatic hydroxyl groups is 1. The normalized spacial score (nSPS) is 12.3. The number of hydroxylamine groups is 1. The fraction of sp³-hybridized carbons (Fsp3) is 0.179. The number of ether oxygens (including phenoxy) is 3. The molecule has 0 aliphatic rings. The fourth-order valence-corrected chi connectivity index (χ4v) is 3.37. The van der Waals surface area contributed by atoms with Crippen molar-refractivity contribution in [2.75, 3.05) is 18.5 Å². The molecule has 0 unspecified atom stereocenters. The van der Waals surface area contributed by atoms with E-state index in [1.54, 1.807) is 78.9 Å². The Morgan fingerprint density at radius 3 is 2.21 bits per heavy atom. The van der Waals surface area contributed by atoms with Gasteiger partial charge in [-0.1, -0.05) is 30.3 Å². The van der Waals surface area contributed by atoms with Crippen LogP contribution in [-0.2, 0) is 9.53 Å². The van der Waals surface area contributed by atoms with E-state index in [1.165, 1.54) is 18.5 Å². The quantitative estimate of drug-likeness (QED) is 0.121. The van der Waals surface area contributed by atoms with E-state index in [0.717, 1.165) is 6.08 Å². The van der Waals surface area contributed by atoms with Gasteiger partial charge in [0, 0.05) is 17.3 Å². The fourth-order valence-electron chi connectivity index (χ4n) is 3.37. The van der Waals surface area contributed by atoms with Crippen LogP contribution in [0.3, 0.4) is 0 Å². The second-order valence-electron chi connectivity index (χ2n) is 7.96. The molecular formula is C28H28N2O8. The van der Waals surface area contributed by atoms with E-state index < -0.39 is 24.2 Å². The summed E-state index contributed by atoms with van der Waals surface area (Å²) in [4.78, 5) is 36.2. The molecule has 0 spiro atoms. The molecule has 2 amide bonds. The number of anilines is 1. The van der Waals surface area contributed by atoms with E-state index in [1.807, 2.05) is 0 Å². The van der Waals surface area contributed by atoms with Crippen molar-refractivity contribution in [1.29, 1.82) is 0 Å². The zero-order valence-electron chi connectivity index (χ0n) is 20.6. The van der Waals surface area contributed by atoms with Gasteiger partial charge < -0.3 is 19.3 Å². The number of benzene rings is 3. The van der Waals surface area contributed by atoms with Crippen molar-refractivity contribution in [2.24, 2.45) is 0 Å². The summed E-state index contributed by atoms with van der Waals surface area (Å²) in [7, 11) is 0. The van der Waals surface area contributed by atoms with Crippen molar-refractivity contribution >= 4 is 23.5 Å². The van der Waals surface area contributed by atoms with E-state index in [4.69, 9.17) is 24.5 Å². The van der Waals surface area contributed by atoms with Crippen LogP contribution >= 0.6 is 0 Å². The van der Waals surface area contributed by atoms with Crippen LogP contribution < -0.4 is 20.3 Å². The minimum absolute atomic E-state index is 0.106. The van der Waals surface area contributed by atoms with Crippen molar-refractivity contribution in [2.45, 2.75) is 19.1 Å². The first kappa shape index (κ1) is 27.9. The monoisotopic (exact) mass is 520 g/mol. The number of carbonyl (C=O) groups is 3. The van der Waals surface area contributed by atoms with Crippen molar-refractivity contribution in [3.05, 3.63) is 102 Å². The van der Waals surface area contributed by atoms with Crippen molar-refractivity contribution < 1.29 is 38.9 Å². The zero-order valence-corrected chi connectivity index (χ0v) is 20.6. The average molecular weight is 521 g/mol. The summed E-state index contributed by atoms with van der Waals surface area (Å²) in [6, 6.07) is 21.6. The highest BCUT2D eigenvalue weighted by atomic mass is 16.6. The first-order valence-corrected chi connectivity index (χ1v) is 11.7. The minimum atomic E-state index is -1.05. The molecule has 0 saturated heterocycles. The molecule has 10 heteroatoms. The third kappa shape index (κ3) is 8.47. The molecule has 0 saturated carbocycles. The summed E-state index contributed by atoms with van der Waals surface area (Å²) < 4.78 is 17.2. The van der Waals surface area contributed by atoms with E-state index in [-0.39, 0.29) is 19.0 Å². The molecule has 0 aliphatic heterocycles. The van der Waals surface area contributed by atoms with Crippen LogP contribution in [-0.4, -0.2) is 47.4 Å². The summed E-state index contributed by atoms with van der Waals surface area (Å²) in [6.45, 7) is 1.41. The number of nitrogens with one attached hydrogen (secondary N) is 2. The predicted molar refractivity (Wildman–Crippen MR) is 138 cm³/mol. The van der Waals surface area contributed by atoms with Gasteiger partial charge in [0.25, 0.3) is 5.91 Å². The lowest BCUT2D eigenvalue weighted by atomic mass is 10.0. The molecule has 0 bridgehead atoms. The lowest BCUT2D eigenvalue weighted by molar-refractivity contribution is -0.124. The van der Waals surface area contributed by atoms with Crippen LogP contribution in [0.2, 0.25) is 0 Å². The van der Waals surface area contributed by atoms with Gasteiger partial charge in [0.05, 0.1) is 6.61 Å². The smallest absolute Gasteiger partial charge is 0.412 e. The van der Waals surface area contributed by atoms with Crippen LogP contribution in [0.4, 0.5) is 10.5 Å². The van der Waals surface area contributed by atoms with Gasteiger partial charge in [0.1, 0.15) is 18.1 Å². The van der Waals surface area contributed by atoms with Gasteiger partial charge in [-0.25, -0.2) is 10.3 Å². The van der Waals surface area contributed by atoms with Crippen LogP contribution in [0.5, 0.6) is 11.5 Å². The Labute approximate surface area is 219 Å². The number of aliphatic hydroxyl groups excluding tert-OH is 1. The second kappa shape index (κ2) is 14.2. The van der Waals surface area contributed by atoms with E-state index >= 15 is 0 Å². The molecule has 3 aromatic carbocycles. The number of hydrogen-bond donors (Lipinski definition) is 4. The third-order valence-electron chi connectivity index (χ3n) is 5.20. The molecule has 4 N–H and O–H groups in total. The Morgan fingerprint density at radius 1 is 0.921 bits per heavy atom. The summed E-state index contributed by atoms with van der Waals surface area (Å²) in [5.41, 5.74) is 2.93. The maximum absolute atomic E-state index is 12.9. The van der Waals surface area contributed by atoms with Crippen LogP contribution in [0.1, 0.15) is 28.9 Å². The topological polar surface area (TPSA) is 143 Å². The molecular weight excluding hydrogens is 492 g/mol. The third-order valence-corrected chi connectivity index (χ3v) is 5.20. The lowest BCUT2D eigenvalue weighted by Crippen LogP contribution is -2.30. The van der Waals surface area contributed by atoms with Gasteiger partial charge in [0.2, 0.25) is 0 Å². The van der Waals surface area contributed by atoms with Crippen molar-refractivity contribution in [1.82, 2.24) is 5.48 Å². The van der Waals surface area contributed by atoms with Gasteiger partial charge in [0.15, 0.2) is 18.0 Å². The Bertz CT molecular complexity index is 1230. The number of rotatable bonds is 12. The molecule has 0 heterocycles. The number of carbonyl (C=O) groups excluding carboxylic acids is 3. The van der Waals surface area contributed by atoms with E-state index in [9.17, 15) is 14.4 Å². The average Bonchev–Trinajstić information content (AvgIpc) is 2.94. The molecule has 0 aliphatic carbocycles. The summed E-state index contributed by atoms with van der Waals surface area (Å²) in [5.74, 6) is 0.0361. The summed E-state index contributed by atoms with van der Waals surface area (Å²) in [5, 5.41) is 20.5. The summed E-state index contributed by atoms with van der Waals surface area (Å²) in [6.07, 6.45) is -0.450. The molecule has 0 radical (unpaired) electrons. The number of para-hydroxylation sites is 1. The number of Topliss-reactive ketones (excluding diaryl/α,β-unsaturated/α-hetero) is 1. The predicted octanol–water partition coefficient (Wildman–Crippen LogP) is 4.06. The van der Waals surface area contributed by atoms with Crippen LogP contribution in [0.15, 0.2) is 91.0 Å². The molecule has 10 nitrogen and oxygen atoms in total. The number of hydrogen-bond acceptors (Lipinski definition) is 8. The maximum atomic E-state index is 12.9. The minimum Gasteiger partial charge on any atom is -0.491 e. The molecule has 38 heavy (non-hydrogen) atoms. The lowest BCUT2D eigenvalue weighted by Gasteiger charge is -2.26. The van der Waals surface area contributed by atoms with Crippen LogP contribution in [0.25, 0.3) is 0 Å². The Kier molecular flexibility index (Phi) is 10.4. The first-order chi connectivity index (χ1) is 18.4. The molecule has 198 valence electrons. The SMILES string of the molecule is CC(=O)c1ccc(NC(=O)O[C@@H](c2ccc(OCCO)cc2)[C@H](/C=C/C(=O)NO)Oc2ccccc2)cc1. The number of amides is 2. The van der Waals surface area contributed by atoms with Crippen LogP contribution in [0, 0.1) is 0 Å². The molecule has 3 aromatic rings. The second-order valence-corrected chi connectivity index (χ2v) is 7.96. The zero-order chi connectivity index (χ0) is 27.3. The molecule has 0 aromatic heterocycles. The van der Waals surface area contributed by atoms with E-state index in [0.29, 0.717) is 28.3 Å². The van der Waals surface area contributed by atoms with Crippen molar-refractivity contribution in [3.8, 4) is 11.5 Å². The highest BCUT2D eigenvalue weighted by molar-refractivity contribution is 5.95.